The zero-order valence-corrected chi connectivity index (χ0v) is 30.3. The number of fused-ring (bicyclic) bond motifs is 2. The number of benzene rings is 7. The third kappa shape index (κ3) is 7.42. The minimum Gasteiger partial charge on any atom is -0.495 e. The number of para-hydroxylation sites is 4. The molecule has 0 bridgehead atoms. The first-order valence-electron chi connectivity index (χ1n) is 17.2. The second-order valence-corrected chi connectivity index (χ2v) is 12.1. The van der Waals surface area contributed by atoms with Gasteiger partial charge in [-0.2, -0.15) is 0 Å². The van der Waals surface area contributed by atoms with Gasteiger partial charge in [0, 0.05) is 33.0 Å². The molecule has 0 radical (unpaired) electrons. The summed E-state index contributed by atoms with van der Waals surface area (Å²) < 4.78 is 22.4. The van der Waals surface area contributed by atoms with Gasteiger partial charge in [-0.3, -0.25) is 0 Å². The quantitative estimate of drug-likeness (QED) is 0.136. The van der Waals surface area contributed by atoms with Crippen LogP contribution in [0.5, 0.6) is 23.0 Å². The molecule has 7 aromatic carbocycles. The summed E-state index contributed by atoms with van der Waals surface area (Å²) in [6.45, 7) is 0. The summed E-state index contributed by atoms with van der Waals surface area (Å²) in [5.41, 5.74) is 6.53. The molecular weight excluding hydrogens is 665 g/mol. The Balaban J connectivity index is 1.51. The van der Waals surface area contributed by atoms with Crippen molar-refractivity contribution in [1.29, 1.82) is 0 Å². The number of hydrogen-bond donors (Lipinski definition) is 0. The van der Waals surface area contributed by atoms with Crippen LogP contribution in [0.2, 0.25) is 0 Å². The van der Waals surface area contributed by atoms with Gasteiger partial charge in [0.25, 0.3) is 0 Å². The van der Waals surface area contributed by atoms with Crippen LogP contribution in [0.4, 0.5) is 0 Å². The molecule has 0 aliphatic carbocycles. The lowest BCUT2D eigenvalue weighted by atomic mass is 9.89. The third-order valence-corrected chi connectivity index (χ3v) is 8.87. The van der Waals surface area contributed by atoms with Gasteiger partial charge in [-0.15, -0.1) is 0 Å². The standard InChI is InChI=1S/C50H34O4/c1-51-47-17-9-5-13-37(47)25-21-35-23-29-41-44(32-28-40-16-8-12-20-50(40)54-4)46-34-36(22-26-38-14-6-10-18-48(38)52-2)24-30-42(46)43(45(41)33-35)31-27-39-15-7-11-19-49(39)53-3/h5-20,23-24,29-30,33-34H,1-4H3. The van der Waals surface area contributed by atoms with E-state index in [2.05, 4.69) is 71.6 Å². The Morgan fingerprint density at radius 3 is 0.907 bits per heavy atom. The Morgan fingerprint density at radius 1 is 0.296 bits per heavy atom. The molecule has 0 spiro atoms. The fourth-order valence-corrected chi connectivity index (χ4v) is 6.18. The van der Waals surface area contributed by atoms with Gasteiger partial charge in [0.15, 0.2) is 0 Å². The Morgan fingerprint density at radius 2 is 0.593 bits per heavy atom. The molecule has 0 heterocycles. The van der Waals surface area contributed by atoms with Crippen molar-refractivity contribution in [3.8, 4) is 70.4 Å². The predicted molar refractivity (Wildman–Crippen MR) is 217 cm³/mol. The highest BCUT2D eigenvalue weighted by Crippen LogP contribution is 2.34. The van der Waals surface area contributed by atoms with Crippen LogP contribution in [-0.4, -0.2) is 28.4 Å². The van der Waals surface area contributed by atoms with Crippen LogP contribution in [0, 0.1) is 47.4 Å². The molecule has 0 atom stereocenters. The van der Waals surface area contributed by atoms with Gasteiger partial charge >= 0.3 is 0 Å². The first-order chi connectivity index (χ1) is 26.6. The summed E-state index contributed by atoms with van der Waals surface area (Å²) >= 11 is 0. The average Bonchev–Trinajstić information content (AvgIpc) is 3.23. The minimum absolute atomic E-state index is 0.704. The molecule has 0 saturated carbocycles. The van der Waals surface area contributed by atoms with Gasteiger partial charge in [-0.25, -0.2) is 0 Å². The molecule has 4 heteroatoms. The monoisotopic (exact) mass is 698 g/mol. The molecule has 4 nitrogen and oxygen atoms in total. The summed E-state index contributed by atoms with van der Waals surface area (Å²) in [5.74, 6) is 30.0. The smallest absolute Gasteiger partial charge is 0.134 e. The fourth-order valence-electron chi connectivity index (χ4n) is 6.18. The van der Waals surface area contributed by atoms with E-state index in [9.17, 15) is 0 Å². The van der Waals surface area contributed by atoms with E-state index in [1.165, 1.54) is 0 Å². The molecule has 0 aromatic heterocycles. The van der Waals surface area contributed by atoms with E-state index >= 15 is 0 Å². The van der Waals surface area contributed by atoms with Crippen molar-refractivity contribution in [1.82, 2.24) is 0 Å². The molecule has 0 unspecified atom stereocenters. The van der Waals surface area contributed by atoms with E-state index in [1.807, 2.05) is 109 Å². The maximum atomic E-state index is 5.64. The minimum atomic E-state index is 0.704. The predicted octanol–water partition coefficient (Wildman–Crippen LogP) is 9.63. The molecule has 54 heavy (non-hydrogen) atoms. The molecule has 0 saturated heterocycles. The van der Waals surface area contributed by atoms with Gasteiger partial charge in [0.1, 0.15) is 23.0 Å². The van der Waals surface area contributed by atoms with Crippen LogP contribution >= 0.6 is 0 Å². The van der Waals surface area contributed by atoms with Crippen molar-refractivity contribution in [2.45, 2.75) is 0 Å². The topological polar surface area (TPSA) is 36.9 Å². The Kier molecular flexibility index (Phi) is 10.5. The van der Waals surface area contributed by atoms with Gasteiger partial charge in [-0.05, 0) is 83.6 Å². The zero-order chi connectivity index (χ0) is 37.3. The number of ether oxygens (including phenoxy) is 4. The highest BCUT2D eigenvalue weighted by atomic mass is 16.5. The van der Waals surface area contributed by atoms with Gasteiger partial charge in [0.2, 0.25) is 0 Å². The van der Waals surface area contributed by atoms with Crippen LogP contribution in [-0.2, 0) is 0 Å². The Bertz CT molecular complexity index is 2610. The van der Waals surface area contributed by atoms with Gasteiger partial charge in [-0.1, -0.05) is 108 Å². The average molecular weight is 699 g/mol. The first-order valence-corrected chi connectivity index (χ1v) is 17.2. The van der Waals surface area contributed by atoms with E-state index in [0.29, 0.717) is 11.5 Å². The third-order valence-electron chi connectivity index (χ3n) is 8.87. The van der Waals surface area contributed by atoms with E-state index in [4.69, 9.17) is 18.9 Å². The molecule has 258 valence electrons. The van der Waals surface area contributed by atoms with Crippen molar-refractivity contribution in [3.63, 3.8) is 0 Å². The first kappa shape index (κ1) is 34.9. The molecule has 0 amide bonds. The van der Waals surface area contributed by atoms with Crippen LogP contribution < -0.4 is 18.9 Å². The normalized spacial score (nSPS) is 10.0. The second kappa shape index (κ2) is 16.2. The molecular formula is C50H34O4. The van der Waals surface area contributed by atoms with E-state index in [-0.39, 0.29) is 0 Å². The fraction of sp³-hybridized carbons (Fsp3) is 0.0800. The van der Waals surface area contributed by atoms with Gasteiger partial charge < -0.3 is 18.9 Å². The maximum absolute atomic E-state index is 5.64. The summed E-state index contributed by atoms with van der Waals surface area (Å²) in [4.78, 5) is 0. The molecule has 0 aliphatic heterocycles. The largest absolute Gasteiger partial charge is 0.495 e. The zero-order valence-electron chi connectivity index (χ0n) is 30.3. The molecule has 0 fully saturated rings. The van der Waals surface area contributed by atoms with E-state index in [0.717, 1.165) is 77.6 Å². The lowest BCUT2D eigenvalue weighted by molar-refractivity contribution is 0.413. The van der Waals surface area contributed by atoms with Crippen LogP contribution in [0.1, 0.15) is 44.5 Å². The van der Waals surface area contributed by atoms with Crippen molar-refractivity contribution in [3.05, 3.63) is 178 Å². The highest BCUT2D eigenvalue weighted by Gasteiger charge is 2.14. The summed E-state index contributed by atoms with van der Waals surface area (Å²) in [6.07, 6.45) is 0. The van der Waals surface area contributed by atoms with Crippen molar-refractivity contribution < 1.29 is 18.9 Å². The van der Waals surface area contributed by atoms with Gasteiger partial charge in [0.05, 0.1) is 50.7 Å². The highest BCUT2D eigenvalue weighted by molar-refractivity contribution is 6.10. The Hall–Kier alpha value is -7.50. The Labute approximate surface area is 316 Å². The van der Waals surface area contributed by atoms with Crippen molar-refractivity contribution in [2.24, 2.45) is 0 Å². The van der Waals surface area contributed by atoms with E-state index in [1.54, 1.807) is 28.4 Å². The summed E-state index contributed by atoms with van der Waals surface area (Å²) in [7, 11) is 6.61. The van der Waals surface area contributed by atoms with Crippen molar-refractivity contribution in [2.75, 3.05) is 28.4 Å². The van der Waals surface area contributed by atoms with Crippen LogP contribution in [0.15, 0.2) is 133 Å². The number of rotatable bonds is 4. The molecule has 7 rings (SSSR count). The SMILES string of the molecule is COc1ccccc1C#Cc1ccc2c(C#Cc3ccccc3OC)c3cc(C#Cc4ccccc4OC)ccc3c(C#Cc3ccccc3OC)c2c1. The number of methoxy groups -OCH3 is 4. The molecule has 0 N–H and O–H groups in total. The lowest BCUT2D eigenvalue weighted by Gasteiger charge is -2.12. The summed E-state index contributed by atoms with van der Waals surface area (Å²) in [6, 6.07) is 43.4. The van der Waals surface area contributed by atoms with Crippen molar-refractivity contribution >= 4 is 21.5 Å². The van der Waals surface area contributed by atoms with Crippen LogP contribution in [0.3, 0.4) is 0 Å². The van der Waals surface area contributed by atoms with Crippen LogP contribution in [0.25, 0.3) is 21.5 Å². The second-order valence-electron chi connectivity index (χ2n) is 12.1. The number of hydrogen-bond acceptors (Lipinski definition) is 4. The lowest BCUT2D eigenvalue weighted by Crippen LogP contribution is -1.94. The maximum Gasteiger partial charge on any atom is 0.134 e. The summed E-state index contributed by atoms with van der Waals surface area (Å²) in [5, 5.41) is 3.72. The van der Waals surface area contributed by atoms with E-state index < -0.39 is 0 Å². The molecule has 0 aliphatic rings. The molecule has 7 aromatic rings.